The number of benzene rings is 1. The summed E-state index contributed by atoms with van der Waals surface area (Å²) in [7, 11) is 0. The maximum absolute atomic E-state index is 5.79. The standard InChI is InChI=1S/C10H12BrNO/c11-8-5-2-6-9(12)10(8)13-7-3-1-4-7/h2,5-7H,1,3-4,12H2. The normalized spacial score (nSPS) is 16.7. The minimum Gasteiger partial charge on any atom is -0.487 e. The Labute approximate surface area is 86.2 Å². The molecule has 1 aliphatic carbocycles. The summed E-state index contributed by atoms with van der Waals surface area (Å²) in [6, 6.07) is 5.72. The van der Waals surface area contributed by atoms with Crippen LogP contribution >= 0.6 is 15.9 Å². The largest absolute Gasteiger partial charge is 0.487 e. The molecule has 2 nitrogen and oxygen atoms in total. The quantitative estimate of drug-likeness (QED) is 0.809. The average molecular weight is 242 g/mol. The minimum atomic E-state index is 0.376. The molecule has 1 aromatic carbocycles. The molecule has 0 bridgehead atoms. The Bertz CT molecular complexity index is 290. The van der Waals surface area contributed by atoms with E-state index in [1.54, 1.807) is 0 Å². The van der Waals surface area contributed by atoms with Gasteiger partial charge < -0.3 is 10.5 Å². The van der Waals surface area contributed by atoms with Crippen LogP contribution in [-0.2, 0) is 0 Å². The number of hydrogen-bond acceptors (Lipinski definition) is 2. The zero-order chi connectivity index (χ0) is 9.26. The third kappa shape index (κ3) is 1.80. The van der Waals surface area contributed by atoms with E-state index in [9.17, 15) is 0 Å². The Morgan fingerprint density at radius 2 is 2.15 bits per heavy atom. The molecular weight excluding hydrogens is 230 g/mol. The first-order chi connectivity index (χ1) is 6.27. The Hall–Kier alpha value is -0.700. The van der Waals surface area contributed by atoms with Crippen LogP contribution in [0.15, 0.2) is 22.7 Å². The van der Waals surface area contributed by atoms with E-state index in [2.05, 4.69) is 15.9 Å². The third-order valence-electron chi connectivity index (χ3n) is 2.33. The summed E-state index contributed by atoms with van der Waals surface area (Å²) in [4.78, 5) is 0. The summed E-state index contributed by atoms with van der Waals surface area (Å²) in [6.45, 7) is 0. The maximum Gasteiger partial charge on any atom is 0.156 e. The smallest absolute Gasteiger partial charge is 0.156 e. The lowest BCUT2D eigenvalue weighted by Crippen LogP contribution is -2.25. The summed E-state index contributed by atoms with van der Waals surface area (Å²) in [5.74, 6) is 0.798. The Kier molecular flexibility index (Phi) is 2.44. The summed E-state index contributed by atoms with van der Waals surface area (Å²) in [5, 5.41) is 0. The number of rotatable bonds is 2. The minimum absolute atomic E-state index is 0.376. The van der Waals surface area contributed by atoms with Crippen molar-refractivity contribution in [2.75, 3.05) is 5.73 Å². The molecule has 0 amide bonds. The van der Waals surface area contributed by atoms with Gasteiger partial charge in [-0.1, -0.05) is 6.07 Å². The lowest BCUT2D eigenvalue weighted by molar-refractivity contribution is 0.120. The van der Waals surface area contributed by atoms with E-state index in [1.165, 1.54) is 6.42 Å². The number of ether oxygens (including phenoxy) is 1. The van der Waals surface area contributed by atoms with Crippen molar-refractivity contribution in [1.82, 2.24) is 0 Å². The van der Waals surface area contributed by atoms with Crippen LogP contribution in [0.2, 0.25) is 0 Å². The number of nitrogens with two attached hydrogens (primary N) is 1. The molecule has 0 atom stereocenters. The second-order valence-electron chi connectivity index (χ2n) is 3.33. The monoisotopic (exact) mass is 241 g/mol. The van der Waals surface area contributed by atoms with Gasteiger partial charge in [-0.25, -0.2) is 0 Å². The number of para-hydroxylation sites is 1. The lowest BCUT2D eigenvalue weighted by Gasteiger charge is -2.27. The van der Waals surface area contributed by atoms with Crippen LogP contribution in [0.4, 0.5) is 5.69 Å². The first-order valence-electron chi connectivity index (χ1n) is 4.48. The van der Waals surface area contributed by atoms with E-state index >= 15 is 0 Å². The molecule has 0 radical (unpaired) electrons. The van der Waals surface area contributed by atoms with Gasteiger partial charge >= 0.3 is 0 Å². The molecule has 0 saturated heterocycles. The van der Waals surface area contributed by atoms with E-state index < -0.39 is 0 Å². The molecule has 2 rings (SSSR count). The fraction of sp³-hybridized carbons (Fsp3) is 0.400. The number of halogens is 1. The lowest BCUT2D eigenvalue weighted by atomic mass is 9.96. The highest BCUT2D eigenvalue weighted by Gasteiger charge is 2.20. The van der Waals surface area contributed by atoms with Gasteiger partial charge in [0, 0.05) is 0 Å². The first-order valence-corrected chi connectivity index (χ1v) is 5.27. The van der Waals surface area contributed by atoms with E-state index in [0.717, 1.165) is 23.1 Å². The first kappa shape index (κ1) is 8.88. The fourth-order valence-corrected chi connectivity index (χ4v) is 1.78. The molecule has 0 spiro atoms. The van der Waals surface area contributed by atoms with Crippen LogP contribution in [-0.4, -0.2) is 6.10 Å². The van der Waals surface area contributed by atoms with Crippen molar-refractivity contribution >= 4 is 21.6 Å². The summed E-state index contributed by atoms with van der Waals surface area (Å²) in [6.07, 6.45) is 3.96. The summed E-state index contributed by atoms with van der Waals surface area (Å²) in [5.41, 5.74) is 6.50. The molecule has 3 heteroatoms. The Morgan fingerprint density at radius 1 is 1.38 bits per heavy atom. The van der Waals surface area contributed by atoms with Gasteiger partial charge in [0.05, 0.1) is 16.3 Å². The van der Waals surface area contributed by atoms with Gasteiger partial charge in [-0.05, 0) is 47.3 Å². The van der Waals surface area contributed by atoms with Crippen LogP contribution in [0.1, 0.15) is 19.3 Å². The SMILES string of the molecule is Nc1cccc(Br)c1OC1CCC1. The van der Waals surface area contributed by atoms with Crippen LogP contribution in [0.5, 0.6) is 5.75 Å². The zero-order valence-corrected chi connectivity index (χ0v) is 8.88. The number of anilines is 1. The van der Waals surface area contributed by atoms with E-state index in [4.69, 9.17) is 10.5 Å². The van der Waals surface area contributed by atoms with Crippen molar-refractivity contribution in [1.29, 1.82) is 0 Å². The molecule has 1 saturated carbocycles. The Balaban J connectivity index is 2.17. The molecule has 0 aliphatic heterocycles. The number of nitrogen functional groups attached to an aromatic ring is 1. The van der Waals surface area contributed by atoms with Gasteiger partial charge in [0.1, 0.15) is 0 Å². The van der Waals surface area contributed by atoms with Crippen molar-refractivity contribution in [2.45, 2.75) is 25.4 Å². The average Bonchev–Trinajstić information content (AvgIpc) is 2.00. The highest BCUT2D eigenvalue weighted by atomic mass is 79.9. The zero-order valence-electron chi connectivity index (χ0n) is 7.29. The molecule has 70 valence electrons. The van der Waals surface area contributed by atoms with Gasteiger partial charge in [0.15, 0.2) is 5.75 Å². The van der Waals surface area contributed by atoms with Crippen molar-refractivity contribution in [3.05, 3.63) is 22.7 Å². The van der Waals surface area contributed by atoms with Gasteiger partial charge in [-0.3, -0.25) is 0 Å². The van der Waals surface area contributed by atoms with E-state index in [1.807, 2.05) is 18.2 Å². The number of hydrogen-bond donors (Lipinski definition) is 1. The molecule has 0 heterocycles. The fourth-order valence-electron chi connectivity index (χ4n) is 1.31. The van der Waals surface area contributed by atoms with Crippen LogP contribution < -0.4 is 10.5 Å². The van der Waals surface area contributed by atoms with Gasteiger partial charge in [-0.2, -0.15) is 0 Å². The Morgan fingerprint density at radius 3 is 2.69 bits per heavy atom. The highest BCUT2D eigenvalue weighted by molar-refractivity contribution is 9.10. The molecule has 2 N–H and O–H groups in total. The molecule has 1 aromatic rings. The summed E-state index contributed by atoms with van der Waals surface area (Å²) >= 11 is 3.42. The van der Waals surface area contributed by atoms with Crippen LogP contribution in [0.25, 0.3) is 0 Å². The van der Waals surface area contributed by atoms with Crippen LogP contribution in [0, 0.1) is 0 Å². The van der Waals surface area contributed by atoms with E-state index in [0.29, 0.717) is 11.8 Å². The van der Waals surface area contributed by atoms with Crippen molar-refractivity contribution in [3.63, 3.8) is 0 Å². The van der Waals surface area contributed by atoms with Crippen molar-refractivity contribution < 1.29 is 4.74 Å². The molecule has 1 aliphatic rings. The topological polar surface area (TPSA) is 35.2 Å². The van der Waals surface area contributed by atoms with Crippen LogP contribution in [0.3, 0.4) is 0 Å². The maximum atomic E-state index is 5.79. The molecule has 0 unspecified atom stereocenters. The molecule has 1 fully saturated rings. The highest BCUT2D eigenvalue weighted by Crippen LogP contribution is 2.34. The predicted molar refractivity (Wildman–Crippen MR) is 56.8 cm³/mol. The second-order valence-corrected chi connectivity index (χ2v) is 4.18. The van der Waals surface area contributed by atoms with Gasteiger partial charge in [0.2, 0.25) is 0 Å². The second kappa shape index (κ2) is 3.58. The molecular formula is C10H12BrNO. The predicted octanol–water partition coefficient (Wildman–Crippen LogP) is 2.96. The molecule has 0 aromatic heterocycles. The van der Waals surface area contributed by atoms with Crippen molar-refractivity contribution in [3.8, 4) is 5.75 Å². The summed E-state index contributed by atoms with van der Waals surface area (Å²) < 4.78 is 6.68. The third-order valence-corrected chi connectivity index (χ3v) is 2.96. The van der Waals surface area contributed by atoms with Gasteiger partial charge in [0.25, 0.3) is 0 Å². The van der Waals surface area contributed by atoms with Gasteiger partial charge in [-0.15, -0.1) is 0 Å². The van der Waals surface area contributed by atoms with Crippen molar-refractivity contribution in [2.24, 2.45) is 0 Å². The molecule has 13 heavy (non-hydrogen) atoms. The van der Waals surface area contributed by atoms with E-state index in [-0.39, 0.29) is 0 Å².